The van der Waals surface area contributed by atoms with Crippen molar-refractivity contribution < 1.29 is 33.6 Å². The molecule has 1 fully saturated rings. The third-order valence-corrected chi connectivity index (χ3v) is 7.63. The number of ether oxygens (including phenoxy) is 2. The van der Waals surface area contributed by atoms with Crippen LogP contribution in [-0.4, -0.2) is 57.6 Å². The predicted molar refractivity (Wildman–Crippen MR) is 146 cm³/mol. The van der Waals surface area contributed by atoms with Crippen LogP contribution >= 0.6 is 11.8 Å². The van der Waals surface area contributed by atoms with E-state index in [-0.39, 0.29) is 31.7 Å². The molecule has 2 aromatic carbocycles. The predicted octanol–water partition coefficient (Wildman–Crippen LogP) is 2.75. The molecule has 12 nitrogen and oxygen atoms in total. The zero-order valence-corrected chi connectivity index (χ0v) is 22.8. The van der Waals surface area contributed by atoms with Crippen LogP contribution < -0.4 is 5.32 Å². The molecule has 0 aliphatic carbocycles. The minimum Gasteiger partial charge on any atom is -0.461 e. The molecule has 1 N–H and O–H groups in total. The van der Waals surface area contributed by atoms with E-state index in [0.717, 1.165) is 0 Å². The summed E-state index contributed by atoms with van der Waals surface area (Å²) in [5.74, 6) is -2.12. The van der Waals surface area contributed by atoms with Crippen LogP contribution in [0.2, 0.25) is 0 Å². The Balaban J connectivity index is 1.45. The van der Waals surface area contributed by atoms with E-state index in [4.69, 9.17) is 14.7 Å². The first kappa shape index (κ1) is 29.3. The van der Waals surface area contributed by atoms with E-state index in [2.05, 4.69) is 5.32 Å². The number of carbonyl (C=O) groups excluding carboxylic acids is 4. The minimum atomic E-state index is -1.18. The number of non-ortho nitro benzene ring substituents is 1. The number of benzene rings is 2. The number of nitrogens with zero attached hydrogens (tertiary/aromatic N) is 3. The van der Waals surface area contributed by atoms with Gasteiger partial charge in [-0.3, -0.25) is 24.5 Å². The lowest BCUT2D eigenvalue weighted by Crippen LogP contribution is -2.74. The van der Waals surface area contributed by atoms with Crippen LogP contribution in [0.15, 0.2) is 59.5 Å². The monoisotopic (exact) mass is 578 g/mol. The highest BCUT2D eigenvalue weighted by atomic mass is 32.2. The fourth-order valence-corrected chi connectivity index (χ4v) is 5.57. The molecule has 0 saturated carbocycles. The number of thioether (sulfide) groups is 1. The van der Waals surface area contributed by atoms with Crippen LogP contribution in [-0.2, 0) is 41.7 Å². The van der Waals surface area contributed by atoms with Crippen molar-refractivity contribution in [2.24, 2.45) is 0 Å². The third kappa shape index (κ3) is 6.90. The average Bonchev–Trinajstić information content (AvgIpc) is 2.97. The van der Waals surface area contributed by atoms with Crippen LogP contribution in [0.1, 0.15) is 36.5 Å². The van der Waals surface area contributed by atoms with Crippen molar-refractivity contribution in [3.05, 3.63) is 86.3 Å². The van der Waals surface area contributed by atoms with Gasteiger partial charge in [0.15, 0.2) is 6.04 Å². The number of carbonyl (C=O) groups is 4. The molecule has 212 valence electrons. The van der Waals surface area contributed by atoms with E-state index < -0.39 is 46.1 Å². The smallest absolute Gasteiger partial charge is 0.333 e. The molecule has 2 aliphatic rings. The van der Waals surface area contributed by atoms with Gasteiger partial charge in [0, 0.05) is 24.1 Å². The van der Waals surface area contributed by atoms with E-state index in [1.165, 1.54) is 40.9 Å². The number of hydrogen-bond donors (Lipinski definition) is 1. The third-order valence-electron chi connectivity index (χ3n) is 6.41. The number of rotatable bonds is 11. The lowest BCUT2D eigenvalue weighted by molar-refractivity contribution is -0.384. The Labute approximate surface area is 239 Å². The number of nitro groups is 1. The second kappa shape index (κ2) is 13.1. The molecule has 0 aromatic heterocycles. The van der Waals surface area contributed by atoms with Crippen molar-refractivity contribution in [3.63, 3.8) is 0 Å². The van der Waals surface area contributed by atoms with Crippen molar-refractivity contribution in [2.75, 3.05) is 6.61 Å². The van der Waals surface area contributed by atoms with E-state index in [9.17, 15) is 29.3 Å². The van der Waals surface area contributed by atoms with E-state index >= 15 is 0 Å². The summed E-state index contributed by atoms with van der Waals surface area (Å²) in [4.78, 5) is 62.8. The molecule has 2 heterocycles. The highest BCUT2D eigenvalue weighted by molar-refractivity contribution is 8.03. The molecule has 0 radical (unpaired) electrons. The van der Waals surface area contributed by atoms with Crippen LogP contribution in [0, 0.1) is 21.4 Å². The number of nitriles is 1. The van der Waals surface area contributed by atoms with Gasteiger partial charge in [0.1, 0.15) is 24.6 Å². The Hall–Kier alpha value is -4.70. The Bertz CT molecular complexity index is 1440. The fourth-order valence-electron chi connectivity index (χ4n) is 4.36. The largest absolute Gasteiger partial charge is 0.461 e. The highest BCUT2D eigenvalue weighted by Crippen LogP contribution is 2.40. The lowest BCUT2D eigenvalue weighted by atomic mass is 9.98. The number of β-lactam (4-membered cyclic amide) rings is 1. The Morgan fingerprint density at radius 1 is 1.12 bits per heavy atom. The quantitative estimate of drug-likeness (QED) is 0.181. The maximum Gasteiger partial charge on any atom is 0.333 e. The van der Waals surface area contributed by atoms with Crippen molar-refractivity contribution in [3.8, 4) is 6.07 Å². The van der Waals surface area contributed by atoms with Gasteiger partial charge in [-0.1, -0.05) is 19.1 Å². The molecule has 13 heteroatoms. The van der Waals surface area contributed by atoms with Gasteiger partial charge in [0.05, 0.1) is 23.0 Å². The molecule has 2 aliphatic heterocycles. The Morgan fingerprint density at radius 3 is 2.56 bits per heavy atom. The minimum absolute atomic E-state index is 0.0358. The second-order valence-electron chi connectivity index (χ2n) is 9.34. The number of esters is 2. The molecule has 41 heavy (non-hydrogen) atoms. The molecule has 1 saturated heterocycles. The average molecular weight is 579 g/mol. The number of nitrogens with one attached hydrogen (secondary N) is 1. The SMILES string of the molecule is CCCC(=O)OCC1=CS[C@@H]2C(NC(=O)Cc3cccc(C#N)c3)C(=O)N2C1C(=O)OCc1ccc([N+](=O)[O-])cc1. The Morgan fingerprint density at radius 2 is 1.88 bits per heavy atom. The molecule has 4 rings (SSSR count). The zero-order valence-electron chi connectivity index (χ0n) is 22.0. The normalized spacial score (nSPS) is 19.1. The maximum atomic E-state index is 13.3. The molecule has 2 unspecified atom stereocenters. The summed E-state index contributed by atoms with van der Waals surface area (Å²) >= 11 is 1.21. The van der Waals surface area contributed by atoms with Crippen LogP contribution in [0.25, 0.3) is 0 Å². The summed E-state index contributed by atoms with van der Waals surface area (Å²) in [5.41, 5.74) is 1.78. The second-order valence-corrected chi connectivity index (χ2v) is 10.3. The summed E-state index contributed by atoms with van der Waals surface area (Å²) in [7, 11) is 0. The highest BCUT2D eigenvalue weighted by Gasteiger charge is 2.56. The van der Waals surface area contributed by atoms with Crippen LogP contribution in [0.3, 0.4) is 0 Å². The van der Waals surface area contributed by atoms with Gasteiger partial charge < -0.3 is 19.7 Å². The molecule has 2 amide bonds. The van der Waals surface area contributed by atoms with Crippen molar-refractivity contribution in [2.45, 2.75) is 50.3 Å². The molecular formula is C28H26N4O8S. The topological polar surface area (TPSA) is 169 Å². The van der Waals surface area contributed by atoms with Gasteiger partial charge in [-0.05, 0) is 47.2 Å². The van der Waals surface area contributed by atoms with Crippen LogP contribution in [0.5, 0.6) is 0 Å². The molecule has 0 spiro atoms. The van der Waals surface area contributed by atoms with Gasteiger partial charge in [0.25, 0.3) is 5.69 Å². The summed E-state index contributed by atoms with van der Waals surface area (Å²) in [5, 5.41) is 23.7. The maximum absolute atomic E-state index is 13.3. The molecule has 3 atom stereocenters. The molecule has 2 aromatic rings. The number of hydrogen-bond acceptors (Lipinski definition) is 10. The summed E-state index contributed by atoms with van der Waals surface area (Å²) in [6.45, 7) is 1.41. The lowest BCUT2D eigenvalue weighted by Gasteiger charge is -2.51. The van der Waals surface area contributed by atoms with Crippen molar-refractivity contribution in [1.29, 1.82) is 5.26 Å². The van der Waals surface area contributed by atoms with Crippen LogP contribution in [0.4, 0.5) is 5.69 Å². The first-order valence-corrected chi connectivity index (χ1v) is 13.7. The molecule has 0 bridgehead atoms. The number of nitro benzene ring substituents is 1. The van der Waals surface area contributed by atoms with Crippen molar-refractivity contribution >= 4 is 41.2 Å². The van der Waals surface area contributed by atoms with Crippen molar-refractivity contribution in [1.82, 2.24) is 10.2 Å². The first-order chi connectivity index (χ1) is 19.7. The standard InChI is InChI=1S/C28H26N4O8S/c1-2-4-23(34)39-15-20-16-41-27-24(30-22(33)12-18-5-3-6-19(11-18)13-29)26(35)31(27)25(20)28(36)40-14-17-7-9-21(10-8-17)32(37)38/h3,5-11,16,24-25,27H,2,4,12,14-15H2,1H3,(H,30,33)/t24?,25?,27-/m1/s1. The summed E-state index contributed by atoms with van der Waals surface area (Å²) in [6, 6.07) is 12.0. The van der Waals surface area contributed by atoms with Gasteiger partial charge in [-0.15, -0.1) is 11.8 Å². The summed E-state index contributed by atoms with van der Waals surface area (Å²) in [6.07, 6.45) is 0.750. The van der Waals surface area contributed by atoms with Gasteiger partial charge in [-0.25, -0.2) is 4.79 Å². The molecular weight excluding hydrogens is 552 g/mol. The summed E-state index contributed by atoms with van der Waals surface area (Å²) < 4.78 is 10.8. The van der Waals surface area contributed by atoms with E-state index in [1.54, 1.807) is 29.7 Å². The number of fused-ring (bicyclic) bond motifs is 1. The number of amides is 2. The van der Waals surface area contributed by atoms with Gasteiger partial charge in [-0.2, -0.15) is 5.26 Å². The van der Waals surface area contributed by atoms with E-state index in [1.807, 2.05) is 13.0 Å². The van der Waals surface area contributed by atoms with Gasteiger partial charge >= 0.3 is 11.9 Å². The van der Waals surface area contributed by atoms with E-state index in [0.29, 0.717) is 28.7 Å². The zero-order chi connectivity index (χ0) is 29.5. The fraction of sp³-hybridized carbons (Fsp3) is 0.321. The Kier molecular flexibility index (Phi) is 9.36. The first-order valence-electron chi connectivity index (χ1n) is 12.7. The van der Waals surface area contributed by atoms with Gasteiger partial charge in [0.2, 0.25) is 11.8 Å².